The molecule has 0 aliphatic heterocycles. The van der Waals surface area contributed by atoms with E-state index in [2.05, 4.69) is 10.3 Å². The van der Waals surface area contributed by atoms with Crippen molar-refractivity contribution in [1.29, 1.82) is 0 Å². The second kappa shape index (κ2) is 5.85. The van der Waals surface area contributed by atoms with Crippen LogP contribution < -0.4 is 5.32 Å². The topological polar surface area (TPSA) is 85.1 Å². The number of amides is 1. The van der Waals surface area contributed by atoms with Crippen molar-refractivity contribution in [2.45, 2.75) is 0 Å². The van der Waals surface area contributed by atoms with Crippen LogP contribution in [-0.4, -0.2) is 15.8 Å². The van der Waals surface area contributed by atoms with E-state index in [9.17, 15) is 14.9 Å². The Bertz CT molecular complexity index is 691. The van der Waals surface area contributed by atoms with E-state index in [0.29, 0.717) is 0 Å². The van der Waals surface area contributed by atoms with Crippen molar-refractivity contribution in [3.8, 4) is 0 Å². The number of carbonyl (C=O) groups excluding carboxylic acids is 1. The number of nitro benzene ring substituents is 1. The standard InChI is InChI=1S/C12H7Cl2N3O3/c13-8-5-4-7(17(19)20)6-10(8)16-12(18)9-2-1-3-11(14)15-9/h1-6H,(H,16,18). The summed E-state index contributed by atoms with van der Waals surface area (Å²) >= 11 is 11.6. The SMILES string of the molecule is O=C(Nc1cc([N+](=O)[O-])ccc1Cl)c1cccc(Cl)n1. The number of anilines is 1. The highest BCUT2D eigenvalue weighted by Crippen LogP contribution is 2.27. The van der Waals surface area contributed by atoms with Gasteiger partial charge in [0.15, 0.2) is 0 Å². The van der Waals surface area contributed by atoms with Crippen LogP contribution in [-0.2, 0) is 0 Å². The third-order valence-corrected chi connectivity index (χ3v) is 2.90. The van der Waals surface area contributed by atoms with Gasteiger partial charge in [0.05, 0.1) is 15.6 Å². The number of halogens is 2. The van der Waals surface area contributed by atoms with Crippen LogP contribution in [0.1, 0.15) is 10.5 Å². The number of nitrogens with zero attached hydrogens (tertiary/aromatic N) is 2. The first-order chi connectivity index (χ1) is 9.47. The quantitative estimate of drug-likeness (QED) is 0.533. The molecule has 0 radical (unpaired) electrons. The van der Waals surface area contributed by atoms with E-state index >= 15 is 0 Å². The van der Waals surface area contributed by atoms with Gasteiger partial charge in [-0.15, -0.1) is 0 Å². The molecule has 0 aliphatic rings. The number of hydrogen-bond acceptors (Lipinski definition) is 4. The van der Waals surface area contributed by atoms with Crippen LogP contribution >= 0.6 is 23.2 Å². The van der Waals surface area contributed by atoms with Crippen LogP contribution in [0, 0.1) is 10.1 Å². The van der Waals surface area contributed by atoms with Crippen LogP contribution in [0.5, 0.6) is 0 Å². The molecule has 6 nitrogen and oxygen atoms in total. The molecule has 1 N–H and O–H groups in total. The Hall–Kier alpha value is -2.18. The molecule has 1 aromatic carbocycles. The maximum absolute atomic E-state index is 11.9. The zero-order chi connectivity index (χ0) is 14.7. The van der Waals surface area contributed by atoms with Gasteiger partial charge in [-0.1, -0.05) is 29.3 Å². The van der Waals surface area contributed by atoms with Gasteiger partial charge in [-0.05, 0) is 18.2 Å². The molecule has 2 rings (SSSR count). The van der Waals surface area contributed by atoms with Gasteiger partial charge in [0.1, 0.15) is 10.8 Å². The van der Waals surface area contributed by atoms with Gasteiger partial charge in [-0.3, -0.25) is 14.9 Å². The van der Waals surface area contributed by atoms with Crippen LogP contribution in [0.4, 0.5) is 11.4 Å². The lowest BCUT2D eigenvalue weighted by Crippen LogP contribution is -2.14. The van der Waals surface area contributed by atoms with Crippen molar-refractivity contribution in [1.82, 2.24) is 4.98 Å². The van der Waals surface area contributed by atoms with Gasteiger partial charge in [-0.2, -0.15) is 0 Å². The number of rotatable bonds is 3. The number of nitrogens with one attached hydrogen (secondary N) is 1. The monoisotopic (exact) mass is 311 g/mol. The van der Waals surface area contributed by atoms with Crippen molar-refractivity contribution >= 4 is 40.5 Å². The van der Waals surface area contributed by atoms with Crippen LogP contribution in [0.25, 0.3) is 0 Å². The summed E-state index contributed by atoms with van der Waals surface area (Å²) in [4.78, 5) is 25.9. The number of benzene rings is 1. The first kappa shape index (κ1) is 14.2. The Kier molecular flexibility index (Phi) is 4.16. The van der Waals surface area contributed by atoms with E-state index in [-0.39, 0.29) is 27.2 Å². The molecule has 0 fully saturated rings. The lowest BCUT2D eigenvalue weighted by Gasteiger charge is -2.06. The molecule has 0 saturated heterocycles. The summed E-state index contributed by atoms with van der Waals surface area (Å²) in [5.74, 6) is -0.560. The minimum Gasteiger partial charge on any atom is -0.319 e. The average Bonchev–Trinajstić information content (AvgIpc) is 2.41. The second-order valence-electron chi connectivity index (χ2n) is 3.72. The summed E-state index contributed by atoms with van der Waals surface area (Å²) in [5, 5.41) is 13.5. The number of carbonyl (C=O) groups is 1. The molecule has 0 saturated carbocycles. The van der Waals surface area contributed by atoms with E-state index in [4.69, 9.17) is 23.2 Å². The lowest BCUT2D eigenvalue weighted by molar-refractivity contribution is -0.384. The lowest BCUT2D eigenvalue weighted by atomic mass is 10.2. The maximum Gasteiger partial charge on any atom is 0.274 e. The number of aromatic nitrogens is 1. The Morgan fingerprint density at radius 1 is 1.25 bits per heavy atom. The first-order valence-electron chi connectivity index (χ1n) is 5.35. The molecule has 20 heavy (non-hydrogen) atoms. The molecule has 2 aromatic rings. The molecule has 0 unspecified atom stereocenters. The molecule has 0 aliphatic carbocycles. The van der Waals surface area contributed by atoms with Crippen LogP contribution in [0.3, 0.4) is 0 Å². The van der Waals surface area contributed by atoms with Crippen molar-refractivity contribution in [2.75, 3.05) is 5.32 Å². The number of non-ortho nitro benzene ring substituents is 1. The summed E-state index contributed by atoms with van der Waals surface area (Å²) < 4.78 is 0. The number of pyridine rings is 1. The molecule has 0 bridgehead atoms. The van der Waals surface area contributed by atoms with Gasteiger partial charge in [0, 0.05) is 12.1 Å². The van der Waals surface area contributed by atoms with E-state index < -0.39 is 10.8 Å². The largest absolute Gasteiger partial charge is 0.319 e. The van der Waals surface area contributed by atoms with Crippen LogP contribution in [0.15, 0.2) is 36.4 Å². The molecule has 0 spiro atoms. The minimum absolute atomic E-state index is 0.0834. The summed E-state index contributed by atoms with van der Waals surface area (Å²) in [6.07, 6.45) is 0. The second-order valence-corrected chi connectivity index (χ2v) is 4.52. The molecule has 1 heterocycles. The van der Waals surface area contributed by atoms with Crippen molar-refractivity contribution in [3.05, 3.63) is 62.4 Å². The smallest absolute Gasteiger partial charge is 0.274 e. The zero-order valence-corrected chi connectivity index (χ0v) is 11.4. The van der Waals surface area contributed by atoms with Crippen LogP contribution in [0.2, 0.25) is 10.2 Å². The highest BCUT2D eigenvalue weighted by molar-refractivity contribution is 6.34. The van der Waals surface area contributed by atoms with Gasteiger partial charge < -0.3 is 5.32 Å². The molecular formula is C12H7Cl2N3O3. The average molecular weight is 312 g/mol. The van der Waals surface area contributed by atoms with E-state index in [0.717, 1.165) is 0 Å². The highest BCUT2D eigenvalue weighted by atomic mass is 35.5. The fourth-order valence-corrected chi connectivity index (χ4v) is 1.77. The maximum atomic E-state index is 11.9. The summed E-state index contributed by atoms with van der Waals surface area (Å²) in [6, 6.07) is 8.31. The Morgan fingerprint density at radius 2 is 2.00 bits per heavy atom. The molecular weight excluding hydrogens is 305 g/mol. The fourth-order valence-electron chi connectivity index (χ4n) is 1.44. The summed E-state index contributed by atoms with van der Waals surface area (Å²) in [5.41, 5.74) is 0.0384. The fraction of sp³-hybridized carbons (Fsp3) is 0. The Morgan fingerprint density at radius 3 is 2.65 bits per heavy atom. The molecule has 102 valence electrons. The number of nitro groups is 1. The number of hydrogen-bond donors (Lipinski definition) is 1. The first-order valence-corrected chi connectivity index (χ1v) is 6.11. The highest BCUT2D eigenvalue weighted by Gasteiger charge is 2.14. The normalized spacial score (nSPS) is 10.1. The third-order valence-electron chi connectivity index (χ3n) is 2.36. The van der Waals surface area contributed by atoms with E-state index in [1.54, 1.807) is 6.07 Å². The summed E-state index contributed by atoms with van der Waals surface area (Å²) in [6.45, 7) is 0. The molecule has 8 heteroatoms. The third kappa shape index (κ3) is 3.23. The minimum atomic E-state index is -0.580. The predicted octanol–water partition coefficient (Wildman–Crippen LogP) is 3.55. The van der Waals surface area contributed by atoms with Crippen molar-refractivity contribution < 1.29 is 9.72 Å². The predicted molar refractivity (Wildman–Crippen MR) is 75.3 cm³/mol. The molecule has 0 atom stereocenters. The Labute approximate surface area is 123 Å². The van der Waals surface area contributed by atoms with Gasteiger partial charge in [-0.25, -0.2) is 4.98 Å². The molecule has 1 amide bonds. The Balaban J connectivity index is 2.27. The van der Waals surface area contributed by atoms with Crippen molar-refractivity contribution in [2.24, 2.45) is 0 Å². The van der Waals surface area contributed by atoms with Crippen molar-refractivity contribution in [3.63, 3.8) is 0 Å². The van der Waals surface area contributed by atoms with Gasteiger partial charge in [0.25, 0.3) is 11.6 Å². The van der Waals surface area contributed by atoms with Gasteiger partial charge in [0.2, 0.25) is 0 Å². The molecule has 1 aromatic heterocycles. The van der Waals surface area contributed by atoms with E-state index in [1.165, 1.54) is 30.3 Å². The van der Waals surface area contributed by atoms with Gasteiger partial charge >= 0.3 is 0 Å². The zero-order valence-electron chi connectivity index (χ0n) is 9.84. The van der Waals surface area contributed by atoms with E-state index in [1.807, 2.05) is 0 Å². The summed E-state index contributed by atoms with van der Waals surface area (Å²) in [7, 11) is 0.